The molecule has 118 valence electrons. The van der Waals surface area contributed by atoms with E-state index in [2.05, 4.69) is 49.5 Å². The molecule has 1 amide bonds. The lowest BCUT2D eigenvalue weighted by Gasteiger charge is -2.23. The van der Waals surface area contributed by atoms with Gasteiger partial charge < -0.3 is 5.32 Å². The maximum atomic E-state index is 11.5. The minimum Gasteiger partial charge on any atom is -0.352 e. The second kappa shape index (κ2) is 8.57. The number of nitrogens with one attached hydrogen (secondary N) is 1. The molecule has 0 aliphatic heterocycles. The van der Waals surface area contributed by atoms with E-state index in [1.165, 1.54) is 30.4 Å². The summed E-state index contributed by atoms with van der Waals surface area (Å²) < 4.78 is 0. The van der Waals surface area contributed by atoms with Crippen LogP contribution in [0.25, 0.3) is 0 Å². The van der Waals surface area contributed by atoms with Gasteiger partial charge in [0.05, 0.1) is 0 Å². The molecule has 0 saturated carbocycles. The van der Waals surface area contributed by atoms with E-state index in [1.807, 2.05) is 12.2 Å². The van der Waals surface area contributed by atoms with Crippen LogP contribution in [-0.2, 0) is 17.6 Å². The lowest BCUT2D eigenvalue weighted by atomic mass is 9.82. The van der Waals surface area contributed by atoms with Crippen LogP contribution in [0, 0.1) is 11.8 Å². The van der Waals surface area contributed by atoms with Crippen molar-refractivity contribution in [3.63, 3.8) is 0 Å². The highest BCUT2D eigenvalue weighted by Gasteiger charge is 2.16. The molecule has 0 radical (unpaired) electrons. The number of carbonyl (C=O) groups is 1. The van der Waals surface area contributed by atoms with Gasteiger partial charge in [-0.25, -0.2) is 0 Å². The Morgan fingerprint density at radius 3 is 2.82 bits per heavy atom. The highest BCUT2D eigenvalue weighted by molar-refractivity contribution is 5.87. The van der Waals surface area contributed by atoms with Gasteiger partial charge in [-0.2, -0.15) is 0 Å². The van der Waals surface area contributed by atoms with Gasteiger partial charge >= 0.3 is 0 Å². The molecule has 1 unspecified atom stereocenters. The lowest BCUT2D eigenvalue weighted by molar-refractivity contribution is -0.116. The summed E-state index contributed by atoms with van der Waals surface area (Å²) >= 11 is 0. The van der Waals surface area contributed by atoms with Gasteiger partial charge in [-0.3, -0.25) is 4.79 Å². The lowest BCUT2D eigenvalue weighted by Crippen LogP contribution is -2.25. The molecule has 1 N–H and O–H groups in total. The average molecular weight is 297 g/mol. The van der Waals surface area contributed by atoms with Crippen LogP contribution >= 0.6 is 0 Å². The van der Waals surface area contributed by atoms with E-state index < -0.39 is 0 Å². The molecule has 0 spiro atoms. The molecular weight excluding hydrogens is 270 g/mol. The smallest absolute Gasteiger partial charge is 0.243 e. The van der Waals surface area contributed by atoms with Crippen molar-refractivity contribution < 1.29 is 4.79 Å². The van der Waals surface area contributed by atoms with Gasteiger partial charge in [-0.15, -0.1) is 0 Å². The van der Waals surface area contributed by atoms with Gasteiger partial charge in [0.25, 0.3) is 0 Å². The first-order valence-corrected chi connectivity index (χ1v) is 8.33. The molecule has 2 heteroatoms. The summed E-state index contributed by atoms with van der Waals surface area (Å²) in [5.74, 6) is 1.21. The zero-order valence-corrected chi connectivity index (χ0v) is 13.7. The highest BCUT2D eigenvalue weighted by atomic mass is 16.1. The first-order valence-electron chi connectivity index (χ1n) is 8.33. The predicted molar refractivity (Wildman–Crippen MR) is 92.7 cm³/mol. The van der Waals surface area contributed by atoms with Gasteiger partial charge in [0.1, 0.15) is 0 Å². The number of rotatable bonds is 6. The van der Waals surface area contributed by atoms with Gasteiger partial charge in [-0.05, 0) is 48.6 Å². The number of carbonyl (C=O) groups excluding carboxylic acids is 1. The number of aryl methyl sites for hydroxylation is 1. The summed E-state index contributed by atoms with van der Waals surface area (Å²) in [6, 6.07) is 8.77. The van der Waals surface area contributed by atoms with Crippen molar-refractivity contribution in [3.05, 3.63) is 59.7 Å². The largest absolute Gasteiger partial charge is 0.352 e. The number of hydrogen-bond donors (Lipinski definition) is 1. The fourth-order valence-electron chi connectivity index (χ4n) is 2.83. The van der Waals surface area contributed by atoms with Gasteiger partial charge in [0, 0.05) is 12.6 Å². The molecule has 22 heavy (non-hydrogen) atoms. The standard InChI is InChI=1S/C20H27NO/c1-16(2)15-21-20(22)11-5-3-4-8-17-12-13-18-9-6-7-10-19(18)14-17/h3-7,9-11,16-17H,8,12-15H2,1-2H3,(H,21,22). The number of allylic oxidation sites excluding steroid dienone is 3. The van der Waals surface area contributed by atoms with E-state index in [-0.39, 0.29) is 5.91 Å². The Hall–Kier alpha value is -1.83. The fourth-order valence-corrected chi connectivity index (χ4v) is 2.83. The van der Waals surface area contributed by atoms with Crippen molar-refractivity contribution in [2.75, 3.05) is 6.54 Å². The molecule has 2 rings (SSSR count). The van der Waals surface area contributed by atoms with Crippen molar-refractivity contribution in [3.8, 4) is 0 Å². The van der Waals surface area contributed by atoms with Crippen LogP contribution in [0.2, 0.25) is 0 Å². The van der Waals surface area contributed by atoms with Gasteiger partial charge in [0.2, 0.25) is 5.91 Å². The minimum atomic E-state index is -0.00931. The Morgan fingerprint density at radius 1 is 1.27 bits per heavy atom. The first-order chi connectivity index (χ1) is 10.6. The molecule has 1 aromatic rings. The van der Waals surface area contributed by atoms with E-state index >= 15 is 0 Å². The third kappa shape index (κ3) is 5.51. The van der Waals surface area contributed by atoms with Crippen LogP contribution in [0.4, 0.5) is 0 Å². The molecule has 2 nitrogen and oxygen atoms in total. The Kier molecular flexibility index (Phi) is 6.45. The maximum Gasteiger partial charge on any atom is 0.243 e. The first kappa shape index (κ1) is 16.5. The third-order valence-electron chi connectivity index (χ3n) is 4.10. The quantitative estimate of drug-likeness (QED) is 0.622. The number of benzene rings is 1. The molecule has 0 fully saturated rings. The number of amides is 1. The Labute approximate surface area is 134 Å². The Bertz CT molecular complexity index is 542. The van der Waals surface area contributed by atoms with Crippen LogP contribution in [0.15, 0.2) is 48.6 Å². The van der Waals surface area contributed by atoms with Gasteiger partial charge in [0.15, 0.2) is 0 Å². The van der Waals surface area contributed by atoms with Crippen LogP contribution in [0.3, 0.4) is 0 Å². The van der Waals surface area contributed by atoms with E-state index in [1.54, 1.807) is 6.08 Å². The van der Waals surface area contributed by atoms with E-state index in [0.29, 0.717) is 5.92 Å². The summed E-state index contributed by atoms with van der Waals surface area (Å²) in [4.78, 5) is 11.5. The zero-order valence-electron chi connectivity index (χ0n) is 13.7. The fraction of sp³-hybridized carbons (Fsp3) is 0.450. The van der Waals surface area contributed by atoms with E-state index in [9.17, 15) is 4.79 Å². The summed E-state index contributed by atoms with van der Waals surface area (Å²) in [6.45, 7) is 4.91. The summed E-state index contributed by atoms with van der Waals surface area (Å²) in [5.41, 5.74) is 3.03. The minimum absolute atomic E-state index is 0.00931. The van der Waals surface area contributed by atoms with Crippen LogP contribution in [-0.4, -0.2) is 12.5 Å². The SMILES string of the molecule is CC(C)CNC(=O)C=CC=CCC1CCc2ccccc2C1. The Balaban J connectivity index is 1.71. The number of hydrogen-bond acceptors (Lipinski definition) is 1. The van der Waals surface area contributed by atoms with Crippen molar-refractivity contribution in [2.24, 2.45) is 11.8 Å². The third-order valence-corrected chi connectivity index (χ3v) is 4.10. The average Bonchev–Trinajstić information content (AvgIpc) is 2.52. The molecule has 1 aliphatic carbocycles. The van der Waals surface area contributed by atoms with Crippen LogP contribution in [0.1, 0.15) is 37.8 Å². The van der Waals surface area contributed by atoms with Crippen molar-refractivity contribution in [1.29, 1.82) is 0 Å². The van der Waals surface area contributed by atoms with Crippen LogP contribution in [0.5, 0.6) is 0 Å². The molecule has 0 aromatic heterocycles. The van der Waals surface area contributed by atoms with E-state index in [4.69, 9.17) is 0 Å². The number of fused-ring (bicyclic) bond motifs is 1. The molecule has 1 aliphatic rings. The second-order valence-corrected chi connectivity index (χ2v) is 6.54. The molecular formula is C20H27NO. The molecule has 1 aromatic carbocycles. The predicted octanol–water partition coefficient (Wildman–Crippen LogP) is 4.07. The van der Waals surface area contributed by atoms with Gasteiger partial charge in [-0.1, -0.05) is 56.3 Å². The zero-order chi connectivity index (χ0) is 15.8. The second-order valence-electron chi connectivity index (χ2n) is 6.54. The van der Waals surface area contributed by atoms with Crippen LogP contribution < -0.4 is 5.32 Å². The Morgan fingerprint density at radius 2 is 2.05 bits per heavy atom. The summed E-state index contributed by atoms with van der Waals surface area (Å²) in [7, 11) is 0. The monoisotopic (exact) mass is 297 g/mol. The van der Waals surface area contributed by atoms with Crippen molar-refractivity contribution >= 4 is 5.91 Å². The topological polar surface area (TPSA) is 29.1 Å². The molecule has 0 bridgehead atoms. The molecule has 0 heterocycles. The normalized spacial score (nSPS) is 18.0. The maximum absolute atomic E-state index is 11.5. The summed E-state index contributed by atoms with van der Waals surface area (Å²) in [5, 5.41) is 2.87. The van der Waals surface area contributed by atoms with Crippen molar-refractivity contribution in [2.45, 2.75) is 39.5 Å². The van der Waals surface area contributed by atoms with E-state index in [0.717, 1.165) is 18.9 Å². The highest BCUT2D eigenvalue weighted by Crippen LogP contribution is 2.27. The van der Waals surface area contributed by atoms with Crippen molar-refractivity contribution in [1.82, 2.24) is 5.32 Å². The summed E-state index contributed by atoms with van der Waals surface area (Å²) in [6.07, 6.45) is 12.4. The molecule has 0 saturated heterocycles. The molecule has 1 atom stereocenters.